The molecule has 0 saturated heterocycles. The van der Waals surface area contributed by atoms with Gasteiger partial charge in [0.05, 0.1) is 12.1 Å². The fraction of sp³-hybridized carbons (Fsp3) is 0.923. The van der Waals surface area contributed by atoms with Crippen molar-refractivity contribution in [3.8, 4) is 0 Å². The van der Waals surface area contributed by atoms with Crippen LogP contribution in [-0.2, 0) is 0 Å². The van der Waals surface area contributed by atoms with E-state index in [1.807, 2.05) is 0 Å². The second-order valence-corrected chi connectivity index (χ2v) is 4.78. The zero-order valence-electron chi connectivity index (χ0n) is 11.9. The van der Waals surface area contributed by atoms with Crippen molar-refractivity contribution < 1.29 is 0 Å². The molecule has 1 aliphatic heterocycles. The van der Waals surface area contributed by atoms with Gasteiger partial charge in [-0.15, -0.1) is 0 Å². The average molecular weight is 240 g/mol. The van der Waals surface area contributed by atoms with Gasteiger partial charge in [-0.3, -0.25) is 4.99 Å². The van der Waals surface area contributed by atoms with Crippen molar-refractivity contribution in [3.05, 3.63) is 0 Å². The Balaban J connectivity index is 2.62. The summed E-state index contributed by atoms with van der Waals surface area (Å²) in [6.45, 7) is 14.0. The molecule has 1 rings (SSSR count). The molecule has 0 aromatic heterocycles. The quantitative estimate of drug-likeness (QED) is 0.734. The number of likely N-dealkylation sites (N-methyl/N-ethyl adjacent to an activating group) is 1. The summed E-state index contributed by atoms with van der Waals surface area (Å²) < 4.78 is 0. The van der Waals surface area contributed by atoms with Gasteiger partial charge in [-0.2, -0.15) is 0 Å². The van der Waals surface area contributed by atoms with Crippen LogP contribution in [0.1, 0.15) is 40.5 Å². The van der Waals surface area contributed by atoms with Gasteiger partial charge in [0.25, 0.3) is 0 Å². The van der Waals surface area contributed by atoms with Crippen molar-refractivity contribution in [1.29, 1.82) is 0 Å². The standard InChI is InChI=1S/C13H28N4/c1-5-13(6-2)11-15-12(14)17(13)10-9-16(7-3)8-4/h5-11H2,1-4H3,(H2,14,15). The highest BCUT2D eigenvalue weighted by Gasteiger charge is 2.38. The summed E-state index contributed by atoms with van der Waals surface area (Å²) in [5.41, 5.74) is 6.21. The maximum atomic E-state index is 6.03. The third kappa shape index (κ3) is 2.92. The smallest absolute Gasteiger partial charge is 0.191 e. The summed E-state index contributed by atoms with van der Waals surface area (Å²) >= 11 is 0. The fourth-order valence-electron chi connectivity index (χ4n) is 2.63. The molecule has 0 bridgehead atoms. The van der Waals surface area contributed by atoms with Gasteiger partial charge >= 0.3 is 0 Å². The Morgan fingerprint density at radius 3 is 2.29 bits per heavy atom. The van der Waals surface area contributed by atoms with Crippen molar-refractivity contribution in [2.75, 3.05) is 32.7 Å². The molecule has 1 heterocycles. The highest BCUT2D eigenvalue weighted by atomic mass is 15.4. The minimum absolute atomic E-state index is 0.178. The normalized spacial score (nSPS) is 18.9. The second kappa shape index (κ2) is 6.24. The van der Waals surface area contributed by atoms with Crippen LogP contribution in [0.5, 0.6) is 0 Å². The molecular weight excluding hydrogens is 212 g/mol. The summed E-state index contributed by atoms with van der Waals surface area (Å²) in [5, 5.41) is 0. The van der Waals surface area contributed by atoms with E-state index in [1.165, 1.54) is 0 Å². The van der Waals surface area contributed by atoms with Gasteiger partial charge in [-0.1, -0.05) is 27.7 Å². The molecular formula is C13H28N4. The number of nitrogens with two attached hydrogens (primary N) is 1. The van der Waals surface area contributed by atoms with Gasteiger partial charge < -0.3 is 15.5 Å². The summed E-state index contributed by atoms with van der Waals surface area (Å²) in [5.74, 6) is 0.737. The third-order valence-electron chi connectivity index (χ3n) is 4.23. The van der Waals surface area contributed by atoms with Crippen molar-refractivity contribution in [2.24, 2.45) is 10.7 Å². The molecule has 2 N–H and O–H groups in total. The van der Waals surface area contributed by atoms with Gasteiger partial charge in [-0.05, 0) is 25.9 Å². The number of hydrogen-bond acceptors (Lipinski definition) is 4. The van der Waals surface area contributed by atoms with E-state index in [2.05, 4.69) is 42.5 Å². The molecule has 4 heteroatoms. The van der Waals surface area contributed by atoms with E-state index in [4.69, 9.17) is 5.73 Å². The monoisotopic (exact) mass is 240 g/mol. The first-order valence-corrected chi connectivity index (χ1v) is 6.93. The maximum Gasteiger partial charge on any atom is 0.191 e. The van der Waals surface area contributed by atoms with E-state index in [1.54, 1.807) is 0 Å². The fourth-order valence-corrected chi connectivity index (χ4v) is 2.63. The molecule has 0 aromatic rings. The van der Waals surface area contributed by atoms with E-state index >= 15 is 0 Å². The minimum atomic E-state index is 0.178. The molecule has 100 valence electrons. The average Bonchev–Trinajstić information content (AvgIpc) is 2.68. The number of hydrogen-bond donors (Lipinski definition) is 1. The molecule has 0 atom stereocenters. The number of nitrogens with zero attached hydrogens (tertiary/aromatic N) is 3. The summed E-state index contributed by atoms with van der Waals surface area (Å²) in [4.78, 5) is 9.20. The van der Waals surface area contributed by atoms with E-state index in [0.717, 1.165) is 51.5 Å². The molecule has 0 unspecified atom stereocenters. The Kier molecular flexibility index (Phi) is 5.25. The van der Waals surface area contributed by atoms with Crippen molar-refractivity contribution >= 4 is 5.96 Å². The van der Waals surface area contributed by atoms with Gasteiger partial charge in [0.15, 0.2) is 5.96 Å². The predicted molar refractivity (Wildman–Crippen MR) is 74.3 cm³/mol. The Morgan fingerprint density at radius 1 is 1.24 bits per heavy atom. The van der Waals surface area contributed by atoms with Crippen LogP contribution in [0.25, 0.3) is 0 Å². The van der Waals surface area contributed by atoms with Gasteiger partial charge in [-0.25, -0.2) is 0 Å². The lowest BCUT2D eigenvalue weighted by atomic mass is 9.92. The lowest BCUT2D eigenvalue weighted by molar-refractivity contribution is 0.162. The topological polar surface area (TPSA) is 44.9 Å². The van der Waals surface area contributed by atoms with Gasteiger partial charge in [0.1, 0.15) is 0 Å². The highest BCUT2D eigenvalue weighted by molar-refractivity contribution is 5.81. The van der Waals surface area contributed by atoms with Crippen LogP contribution in [0.4, 0.5) is 0 Å². The van der Waals surface area contributed by atoms with Crippen LogP contribution in [0.3, 0.4) is 0 Å². The largest absolute Gasteiger partial charge is 0.370 e. The molecule has 0 spiro atoms. The zero-order valence-corrected chi connectivity index (χ0v) is 11.9. The van der Waals surface area contributed by atoms with Gasteiger partial charge in [0.2, 0.25) is 0 Å². The lowest BCUT2D eigenvalue weighted by Crippen LogP contribution is -2.53. The van der Waals surface area contributed by atoms with Crippen molar-refractivity contribution in [3.63, 3.8) is 0 Å². The van der Waals surface area contributed by atoms with Crippen LogP contribution in [0, 0.1) is 0 Å². The predicted octanol–water partition coefficient (Wildman–Crippen LogP) is 1.52. The number of rotatable bonds is 7. The Labute approximate surface area is 106 Å². The molecule has 0 amide bonds. The Morgan fingerprint density at radius 2 is 1.82 bits per heavy atom. The molecule has 0 radical (unpaired) electrons. The molecule has 4 nitrogen and oxygen atoms in total. The van der Waals surface area contributed by atoms with Crippen LogP contribution in [0.2, 0.25) is 0 Å². The molecule has 0 fully saturated rings. The summed E-state index contributed by atoms with van der Waals surface area (Å²) in [6.07, 6.45) is 2.23. The van der Waals surface area contributed by atoms with E-state index in [0.29, 0.717) is 0 Å². The number of aliphatic imine (C=N–C) groups is 1. The first-order valence-electron chi connectivity index (χ1n) is 6.93. The highest BCUT2D eigenvalue weighted by Crippen LogP contribution is 2.28. The Bertz CT molecular complexity index is 254. The summed E-state index contributed by atoms with van der Waals surface area (Å²) in [7, 11) is 0. The zero-order chi connectivity index (χ0) is 12.9. The maximum absolute atomic E-state index is 6.03. The first kappa shape index (κ1) is 14.3. The molecule has 0 saturated carbocycles. The van der Waals surface area contributed by atoms with E-state index in [-0.39, 0.29) is 5.54 Å². The van der Waals surface area contributed by atoms with E-state index < -0.39 is 0 Å². The van der Waals surface area contributed by atoms with Crippen LogP contribution < -0.4 is 5.73 Å². The second-order valence-electron chi connectivity index (χ2n) is 4.78. The van der Waals surface area contributed by atoms with Crippen molar-refractivity contribution in [2.45, 2.75) is 46.1 Å². The third-order valence-corrected chi connectivity index (χ3v) is 4.23. The van der Waals surface area contributed by atoms with E-state index in [9.17, 15) is 0 Å². The molecule has 0 aliphatic carbocycles. The Hall–Kier alpha value is -0.770. The molecule has 0 aromatic carbocycles. The lowest BCUT2D eigenvalue weighted by Gasteiger charge is -2.39. The number of guanidine groups is 1. The van der Waals surface area contributed by atoms with Crippen molar-refractivity contribution in [1.82, 2.24) is 9.80 Å². The molecule has 17 heavy (non-hydrogen) atoms. The minimum Gasteiger partial charge on any atom is -0.370 e. The SMILES string of the molecule is CCN(CC)CCN1C(N)=NCC1(CC)CC. The summed E-state index contributed by atoms with van der Waals surface area (Å²) in [6, 6.07) is 0. The molecule has 1 aliphatic rings. The van der Waals surface area contributed by atoms with Crippen LogP contribution >= 0.6 is 0 Å². The van der Waals surface area contributed by atoms with Crippen LogP contribution in [-0.4, -0.2) is 54.0 Å². The first-order chi connectivity index (χ1) is 8.13. The van der Waals surface area contributed by atoms with Crippen LogP contribution in [0.15, 0.2) is 4.99 Å². The van der Waals surface area contributed by atoms with Gasteiger partial charge in [0, 0.05) is 13.1 Å².